The molecule has 1 atom stereocenters. The standard InChI is InChI=1S/C33H28F4N2O.CO2/c1-20-22(3)39(19-23-9-11-25(12-10-23)24-7-5-4-6-8-24)31-16-13-26(17-29(20)31)32(40)38-21(2)28-15-14-27(34)18-30(28)33(35,36)37;2-1-3/h4-18,21H,19H2,1-3H3,(H,38,40);/t21-;/m0./s1. The number of halogens is 4. The summed E-state index contributed by atoms with van der Waals surface area (Å²) in [6, 6.07) is 25.4. The van der Waals surface area contributed by atoms with Crippen LogP contribution in [0.1, 0.15) is 51.3 Å². The Balaban J connectivity index is 0.00000135. The minimum Gasteiger partial charge on any atom is -0.346 e. The Kier molecular flexibility index (Phi) is 9.27. The number of aryl methyl sites for hydroxylation is 1. The molecule has 0 aliphatic carbocycles. The summed E-state index contributed by atoms with van der Waals surface area (Å²) in [4.78, 5) is 29.3. The highest BCUT2D eigenvalue weighted by Crippen LogP contribution is 2.35. The molecule has 0 bridgehead atoms. The van der Waals surface area contributed by atoms with Crippen molar-refractivity contribution in [2.45, 2.75) is 39.5 Å². The smallest absolute Gasteiger partial charge is 0.346 e. The zero-order valence-corrected chi connectivity index (χ0v) is 23.6. The summed E-state index contributed by atoms with van der Waals surface area (Å²) in [5.41, 5.74) is 5.52. The number of hydrogen-bond donors (Lipinski definition) is 1. The molecule has 1 aromatic heterocycles. The second kappa shape index (κ2) is 12.9. The minimum absolute atomic E-state index is 0.195. The van der Waals surface area contributed by atoms with Crippen molar-refractivity contribution in [1.82, 2.24) is 9.88 Å². The molecule has 0 spiro atoms. The molecule has 5 aromatic rings. The van der Waals surface area contributed by atoms with Gasteiger partial charge in [0, 0.05) is 28.7 Å². The lowest BCUT2D eigenvalue weighted by atomic mass is 10.00. The van der Waals surface area contributed by atoms with E-state index in [2.05, 4.69) is 46.3 Å². The van der Waals surface area contributed by atoms with Crippen LogP contribution in [-0.4, -0.2) is 16.6 Å². The molecule has 0 saturated heterocycles. The molecule has 5 nitrogen and oxygen atoms in total. The van der Waals surface area contributed by atoms with Crippen molar-refractivity contribution < 1.29 is 31.9 Å². The van der Waals surface area contributed by atoms with Gasteiger partial charge in [-0.3, -0.25) is 4.79 Å². The summed E-state index contributed by atoms with van der Waals surface area (Å²) in [5.74, 6) is -1.49. The maximum Gasteiger partial charge on any atom is 0.416 e. The van der Waals surface area contributed by atoms with Gasteiger partial charge in [-0.15, -0.1) is 0 Å². The first-order valence-electron chi connectivity index (χ1n) is 13.3. The Morgan fingerprint density at radius 3 is 2.14 bits per heavy atom. The Hall–Kier alpha value is -5.01. The van der Waals surface area contributed by atoms with E-state index in [0.717, 1.165) is 51.0 Å². The summed E-state index contributed by atoms with van der Waals surface area (Å²) in [7, 11) is 0. The van der Waals surface area contributed by atoms with Gasteiger partial charge in [-0.1, -0.05) is 60.7 Å². The lowest BCUT2D eigenvalue weighted by Gasteiger charge is -2.20. The first-order chi connectivity index (χ1) is 20.4. The lowest BCUT2D eigenvalue weighted by molar-refractivity contribution is -0.191. The van der Waals surface area contributed by atoms with Crippen molar-refractivity contribution in [1.29, 1.82) is 0 Å². The molecular formula is C34H28F4N2O3. The molecule has 0 aliphatic rings. The fourth-order valence-electron chi connectivity index (χ4n) is 5.12. The van der Waals surface area contributed by atoms with Crippen LogP contribution in [0.3, 0.4) is 0 Å². The van der Waals surface area contributed by atoms with Crippen molar-refractivity contribution in [2.24, 2.45) is 0 Å². The molecule has 1 heterocycles. The van der Waals surface area contributed by atoms with E-state index in [4.69, 9.17) is 9.59 Å². The van der Waals surface area contributed by atoms with Crippen LogP contribution in [-0.2, 0) is 22.3 Å². The molecule has 43 heavy (non-hydrogen) atoms. The van der Waals surface area contributed by atoms with Gasteiger partial charge in [0.05, 0.1) is 11.6 Å². The summed E-state index contributed by atoms with van der Waals surface area (Å²) < 4.78 is 56.2. The molecule has 5 rings (SSSR count). The number of nitrogens with one attached hydrogen (secondary N) is 1. The Bertz CT molecular complexity index is 1790. The molecule has 0 radical (unpaired) electrons. The largest absolute Gasteiger partial charge is 0.416 e. The van der Waals surface area contributed by atoms with Gasteiger partial charge in [0.1, 0.15) is 5.82 Å². The molecule has 0 saturated carbocycles. The molecule has 0 fully saturated rings. The Labute approximate surface area is 245 Å². The van der Waals surface area contributed by atoms with Crippen LogP contribution in [0.2, 0.25) is 0 Å². The van der Waals surface area contributed by atoms with E-state index < -0.39 is 29.5 Å². The van der Waals surface area contributed by atoms with E-state index in [0.29, 0.717) is 18.2 Å². The van der Waals surface area contributed by atoms with Crippen molar-refractivity contribution in [2.75, 3.05) is 0 Å². The third kappa shape index (κ3) is 6.90. The second-order valence-electron chi connectivity index (χ2n) is 10.1. The molecule has 1 N–H and O–H groups in total. The fraction of sp³-hybridized carbons (Fsp3) is 0.176. The quantitative estimate of drug-likeness (QED) is 0.204. The van der Waals surface area contributed by atoms with Gasteiger partial charge < -0.3 is 9.88 Å². The van der Waals surface area contributed by atoms with Crippen LogP contribution in [0, 0.1) is 19.7 Å². The van der Waals surface area contributed by atoms with Crippen molar-refractivity contribution in [3.05, 3.63) is 130 Å². The third-order valence-electron chi connectivity index (χ3n) is 7.44. The summed E-state index contributed by atoms with van der Waals surface area (Å²) >= 11 is 0. The van der Waals surface area contributed by atoms with E-state index in [1.807, 2.05) is 38.1 Å². The van der Waals surface area contributed by atoms with Gasteiger partial charge >= 0.3 is 12.3 Å². The Morgan fingerprint density at radius 1 is 0.884 bits per heavy atom. The van der Waals surface area contributed by atoms with E-state index in [-0.39, 0.29) is 11.7 Å². The number of rotatable bonds is 6. The molecule has 9 heteroatoms. The first-order valence-corrected chi connectivity index (χ1v) is 13.3. The van der Waals surface area contributed by atoms with Gasteiger partial charge in [0.15, 0.2) is 0 Å². The number of carbonyl (C=O) groups excluding carboxylic acids is 3. The summed E-state index contributed by atoms with van der Waals surface area (Å²) in [6.45, 7) is 6.13. The van der Waals surface area contributed by atoms with Crippen LogP contribution in [0.4, 0.5) is 17.6 Å². The number of aromatic nitrogens is 1. The number of hydrogen-bond acceptors (Lipinski definition) is 3. The van der Waals surface area contributed by atoms with Crippen molar-refractivity contribution >= 4 is 23.0 Å². The van der Waals surface area contributed by atoms with Crippen molar-refractivity contribution in [3.8, 4) is 11.1 Å². The molecule has 0 aliphatic heterocycles. The van der Waals surface area contributed by atoms with E-state index in [1.165, 1.54) is 6.92 Å². The van der Waals surface area contributed by atoms with Gasteiger partial charge in [-0.2, -0.15) is 22.8 Å². The molecule has 1 amide bonds. The number of benzene rings is 4. The summed E-state index contributed by atoms with van der Waals surface area (Å²) in [5, 5.41) is 3.54. The van der Waals surface area contributed by atoms with Crippen molar-refractivity contribution in [3.63, 3.8) is 0 Å². The summed E-state index contributed by atoms with van der Waals surface area (Å²) in [6.07, 6.45) is -4.49. The number of fused-ring (bicyclic) bond motifs is 1. The van der Waals surface area contributed by atoms with E-state index in [1.54, 1.807) is 12.1 Å². The minimum atomic E-state index is -4.74. The van der Waals surface area contributed by atoms with Gasteiger partial charge in [0.2, 0.25) is 0 Å². The average Bonchev–Trinajstić information content (AvgIpc) is 3.22. The van der Waals surface area contributed by atoms with E-state index in [9.17, 15) is 22.4 Å². The predicted octanol–water partition coefficient (Wildman–Crippen LogP) is 8.04. The van der Waals surface area contributed by atoms with E-state index >= 15 is 0 Å². The number of carbonyl (C=O) groups is 1. The zero-order valence-electron chi connectivity index (χ0n) is 23.6. The number of alkyl halides is 3. The van der Waals surface area contributed by atoms with Gasteiger partial charge in [0.25, 0.3) is 5.91 Å². The topological polar surface area (TPSA) is 68.2 Å². The third-order valence-corrected chi connectivity index (χ3v) is 7.44. The molecule has 0 unspecified atom stereocenters. The average molecular weight is 589 g/mol. The van der Waals surface area contributed by atoms with Crippen LogP contribution in [0.25, 0.3) is 22.0 Å². The SMILES string of the molecule is Cc1c(C)n(Cc2ccc(-c3ccccc3)cc2)c2ccc(C(=O)N[C@@H](C)c3ccc(F)cc3C(F)(F)F)cc12.O=C=O. The number of amides is 1. The second-order valence-corrected chi connectivity index (χ2v) is 10.1. The van der Waals surface area contributed by atoms with Crippen LogP contribution < -0.4 is 5.32 Å². The van der Waals surface area contributed by atoms with Crippen LogP contribution in [0.5, 0.6) is 0 Å². The highest BCUT2D eigenvalue weighted by molar-refractivity contribution is 5.99. The lowest BCUT2D eigenvalue weighted by Crippen LogP contribution is -2.28. The molecule has 220 valence electrons. The normalized spacial score (nSPS) is 11.8. The Morgan fingerprint density at radius 2 is 1.51 bits per heavy atom. The highest BCUT2D eigenvalue weighted by atomic mass is 19.4. The van der Waals surface area contributed by atoms with Gasteiger partial charge in [-0.25, -0.2) is 4.39 Å². The fourth-order valence-corrected chi connectivity index (χ4v) is 5.12. The highest BCUT2D eigenvalue weighted by Gasteiger charge is 2.35. The molecular weight excluding hydrogens is 560 g/mol. The molecule has 4 aromatic carbocycles. The monoisotopic (exact) mass is 588 g/mol. The maximum atomic E-state index is 13.5. The maximum absolute atomic E-state index is 13.5. The van der Waals surface area contributed by atoms with Gasteiger partial charge in [-0.05, 0) is 78.9 Å². The first kappa shape index (κ1) is 30.9. The zero-order chi connectivity index (χ0) is 31.3. The van der Waals surface area contributed by atoms with Crippen LogP contribution in [0.15, 0.2) is 91.0 Å². The van der Waals surface area contributed by atoms with Crippen LogP contribution >= 0.6 is 0 Å². The predicted molar refractivity (Wildman–Crippen MR) is 155 cm³/mol. The number of nitrogens with zero attached hydrogens (tertiary/aromatic N) is 1.